The molecule has 0 aliphatic carbocycles. The number of aromatic nitrogens is 2. The molecule has 1 aromatic heterocycles. The molecule has 2 rings (SSSR count). The lowest BCUT2D eigenvalue weighted by molar-refractivity contribution is 0.119. The molecule has 100 valence electrons. The largest absolute Gasteiger partial charge is 0.366 e. The van der Waals surface area contributed by atoms with Crippen molar-refractivity contribution in [1.29, 1.82) is 0 Å². The van der Waals surface area contributed by atoms with Crippen molar-refractivity contribution >= 4 is 17.3 Å². The lowest BCUT2D eigenvalue weighted by atomic mass is 10.3. The maximum Gasteiger partial charge on any atom is 0.287 e. The number of hydrogen-bond acceptors (Lipinski definition) is 4. The number of alkyl halides is 2. The minimum atomic E-state index is -2.63. The second-order valence-electron chi connectivity index (χ2n) is 3.96. The quantitative estimate of drug-likeness (QED) is 0.878. The number of nitrogens with zero attached hydrogens (tertiary/aromatic N) is 3. The van der Waals surface area contributed by atoms with Crippen molar-refractivity contribution in [2.24, 2.45) is 0 Å². The molecule has 18 heavy (non-hydrogen) atoms. The number of hydrogen-bond donors (Lipinski definition) is 1. The van der Waals surface area contributed by atoms with Crippen molar-refractivity contribution in [2.45, 2.75) is 13.0 Å². The number of anilines is 1. The van der Waals surface area contributed by atoms with Gasteiger partial charge in [0.1, 0.15) is 11.6 Å². The number of halogens is 3. The molecule has 0 amide bonds. The van der Waals surface area contributed by atoms with Crippen molar-refractivity contribution in [3.05, 3.63) is 21.6 Å². The molecule has 0 unspecified atom stereocenters. The van der Waals surface area contributed by atoms with Gasteiger partial charge in [-0.25, -0.2) is 13.5 Å². The molecule has 2 heterocycles. The summed E-state index contributed by atoms with van der Waals surface area (Å²) in [6, 6.07) is 0. The van der Waals surface area contributed by atoms with Gasteiger partial charge in [0.25, 0.3) is 12.0 Å². The van der Waals surface area contributed by atoms with E-state index in [9.17, 15) is 13.6 Å². The molecule has 1 aliphatic heterocycles. The molecule has 1 N–H and O–H groups in total. The minimum Gasteiger partial charge on any atom is -0.366 e. The number of rotatable bonds is 3. The molecule has 1 saturated heterocycles. The van der Waals surface area contributed by atoms with Crippen LogP contribution in [0.25, 0.3) is 0 Å². The van der Waals surface area contributed by atoms with Gasteiger partial charge < -0.3 is 10.2 Å². The van der Waals surface area contributed by atoms with Gasteiger partial charge in [0, 0.05) is 26.2 Å². The van der Waals surface area contributed by atoms with Gasteiger partial charge in [0.2, 0.25) is 0 Å². The van der Waals surface area contributed by atoms with Crippen LogP contribution in [0, 0.1) is 0 Å². The van der Waals surface area contributed by atoms with E-state index in [0.29, 0.717) is 23.5 Å². The molecular formula is C10H13ClF2N4O. The molecule has 0 saturated carbocycles. The van der Waals surface area contributed by atoms with Gasteiger partial charge in [0.05, 0.1) is 11.9 Å². The van der Waals surface area contributed by atoms with Crippen LogP contribution in [-0.4, -0.2) is 42.4 Å². The minimum absolute atomic E-state index is 0.0486. The summed E-state index contributed by atoms with van der Waals surface area (Å²) in [6.07, 6.45) is -1.26. The first-order valence-electron chi connectivity index (χ1n) is 5.59. The van der Waals surface area contributed by atoms with Crippen LogP contribution in [-0.2, 0) is 6.54 Å². The van der Waals surface area contributed by atoms with Crippen molar-refractivity contribution < 1.29 is 8.78 Å². The fourth-order valence-corrected chi connectivity index (χ4v) is 2.11. The predicted octanol–water partition coefficient (Wildman–Crippen LogP) is 0.571. The van der Waals surface area contributed by atoms with E-state index in [2.05, 4.69) is 10.4 Å². The Kier molecular flexibility index (Phi) is 4.13. The van der Waals surface area contributed by atoms with Gasteiger partial charge in [-0.1, -0.05) is 11.6 Å². The van der Waals surface area contributed by atoms with Gasteiger partial charge >= 0.3 is 0 Å². The van der Waals surface area contributed by atoms with E-state index in [4.69, 9.17) is 11.6 Å². The van der Waals surface area contributed by atoms with E-state index in [1.165, 1.54) is 6.20 Å². The third kappa shape index (κ3) is 2.78. The summed E-state index contributed by atoms with van der Waals surface area (Å²) in [4.78, 5) is 13.7. The molecule has 5 nitrogen and oxygen atoms in total. The molecular weight excluding hydrogens is 266 g/mol. The zero-order valence-corrected chi connectivity index (χ0v) is 10.3. The van der Waals surface area contributed by atoms with E-state index in [0.717, 1.165) is 13.1 Å². The van der Waals surface area contributed by atoms with Gasteiger partial charge in [-0.05, 0) is 0 Å². The first kappa shape index (κ1) is 13.2. The Morgan fingerprint density at radius 3 is 2.72 bits per heavy atom. The second kappa shape index (κ2) is 5.62. The molecule has 0 spiro atoms. The van der Waals surface area contributed by atoms with Gasteiger partial charge in [-0.15, -0.1) is 0 Å². The third-order valence-electron chi connectivity index (χ3n) is 2.74. The Balaban J connectivity index is 2.28. The van der Waals surface area contributed by atoms with Crippen LogP contribution < -0.4 is 15.8 Å². The Bertz CT molecular complexity index is 473. The maximum atomic E-state index is 12.2. The highest BCUT2D eigenvalue weighted by atomic mass is 35.5. The van der Waals surface area contributed by atoms with Crippen LogP contribution in [0.3, 0.4) is 0 Å². The highest BCUT2D eigenvalue weighted by Crippen LogP contribution is 2.21. The van der Waals surface area contributed by atoms with E-state index in [1.54, 1.807) is 0 Å². The molecule has 0 aromatic carbocycles. The van der Waals surface area contributed by atoms with Crippen LogP contribution >= 0.6 is 11.6 Å². The summed E-state index contributed by atoms with van der Waals surface area (Å²) in [5, 5.41) is 6.85. The third-order valence-corrected chi connectivity index (χ3v) is 3.09. The average molecular weight is 279 g/mol. The zero-order valence-electron chi connectivity index (χ0n) is 9.57. The van der Waals surface area contributed by atoms with Crippen LogP contribution in [0.5, 0.6) is 0 Å². The Hall–Kier alpha value is -1.21. The van der Waals surface area contributed by atoms with Crippen molar-refractivity contribution in [1.82, 2.24) is 15.1 Å². The normalized spacial score (nSPS) is 16.3. The fraction of sp³-hybridized carbons (Fsp3) is 0.600. The van der Waals surface area contributed by atoms with Crippen LogP contribution in [0.4, 0.5) is 14.5 Å². The van der Waals surface area contributed by atoms with Crippen LogP contribution in [0.2, 0.25) is 5.02 Å². The second-order valence-corrected chi connectivity index (χ2v) is 4.34. The molecule has 0 atom stereocenters. The number of nitrogens with one attached hydrogen (secondary N) is 1. The highest BCUT2D eigenvalue weighted by Gasteiger charge is 2.18. The predicted molar refractivity (Wildman–Crippen MR) is 64.6 cm³/mol. The monoisotopic (exact) mass is 278 g/mol. The van der Waals surface area contributed by atoms with E-state index in [-0.39, 0.29) is 5.02 Å². The zero-order chi connectivity index (χ0) is 13.1. The van der Waals surface area contributed by atoms with Gasteiger partial charge in [0.15, 0.2) is 0 Å². The number of piperazine rings is 1. The molecule has 1 fully saturated rings. The smallest absolute Gasteiger partial charge is 0.287 e. The SMILES string of the molecule is O=c1c(Cl)c(N2CCNCC2)cnn1CC(F)F. The first-order chi connectivity index (χ1) is 8.59. The van der Waals surface area contributed by atoms with E-state index >= 15 is 0 Å². The summed E-state index contributed by atoms with van der Waals surface area (Å²) >= 11 is 5.93. The lowest BCUT2D eigenvalue weighted by Gasteiger charge is -2.29. The molecule has 1 aliphatic rings. The lowest BCUT2D eigenvalue weighted by Crippen LogP contribution is -2.44. The standard InChI is InChI=1S/C10H13ClF2N4O/c11-9-7(16-3-1-14-2-4-16)5-15-17(10(9)18)6-8(12)13/h5,8,14H,1-4,6H2. The average Bonchev–Trinajstić information content (AvgIpc) is 2.36. The summed E-state index contributed by atoms with van der Waals surface area (Å²) in [5.41, 5.74) is -0.165. The Labute approximate surface area is 107 Å². The van der Waals surface area contributed by atoms with Crippen LogP contribution in [0.1, 0.15) is 0 Å². The van der Waals surface area contributed by atoms with E-state index in [1.807, 2.05) is 4.90 Å². The molecule has 0 bridgehead atoms. The summed E-state index contributed by atoms with van der Waals surface area (Å²) < 4.78 is 25.1. The fourth-order valence-electron chi connectivity index (χ4n) is 1.84. The maximum absolute atomic E-state index is 12.2. The molecule has 8 heteroatoms. The summed E-state index contributed by atoms with van der Waals surface area (Å²) in [6.45, 7) is 2.26. The van der Waals surface area contributed by atoms with Gasteiger partial charge in [-0.2, -0.15) is 5.10 Å². The van der Waals surface area contributed by atoms with E-state index < -0.39 is 18.5 Å². The first-order valence-corrected chi connectivity index (χ1v) is 5.97. The van der Waals surface area contributed by atoms with Crippen molar-refractivity contribution in [3.63, 3.8) is 0 Å². The summed E-state index contributed by atoms with van der Waals surface area (Å²) in [7, 11) is 0. The summed E-state index contributed by atoms with van der Waals surface area (Å²) in [5.74, 6) is 0. The van der Waals surface area contributed by atoms with Crippen LogP contribution in [0.15, 0.2) is 11.0 Å². The van der Waals surface area contributed by atoms with Crippen molar-refractivity contribution in [2.75, 3.05) is 31.1 Å². The van der Waals surface area contributed by atoms with Gasteiger partial charge in [-0.3, -0.25) is 4.79 Å². The molecule has 1 aromatic rings. The topological polar surface area (TPSA) is 50.2 Å². The highest BCUT2D eigenvalue weighted by molar-refractivity contribution is 6.33. The Morgan fingerprint density at radius 2 is 2.11 bits per heavy atom. The van der Waals surface area contributed by atoms with Crippen molar-refractivity contribution in [3.8, 4) is 0 Å². The molecule has 0 radical (unpaired) electrons. The Morgan fingerprint density at radius 1 is 1.44 bits per heavy atom.